The topological polar surface area (TPSA) is 58.4 Å². The van der Waals surface area contributed by atoms with Crippen LogP contribution in [0, 0.1) is 5.41 Å². The third kappa shape index (κ3) is 3.74. The van der Waals surface area contributed by atoms with E-state index in [2.05, 4.69) is 17.1 Å². The summed E-state index contributed by atoms with van der Waals surface area (Å²) in [5.74, 6) is 0.221. The molecule has 0 aliphatic carbocycles. The van der Waals surface area contributed by atoms with Gasteiger partial charge in [-0.2, -0.15) is 0 Å². The molecule has 0 radical (unpaired) electrons. The Balaban J connectivity index is 1.22. The molecule has 31 heavy (non-hydrogen) atoms. The summed E-state index contributed by atoms with van der Waals surface area (Å²) in [5.41, 5.74) is 2.47. The Bertz CT molecular complexity index is 1060. The van der Waals surface area contributed by atoms with Crippen molar-refractivity contribution >= 4 is 11.8 Å². The molecule has 1 spiro atoms. The van der Waals surface area contributed by atoms with Gasteiger partial charge in [0.15, 0.2) is 0 Å². The lowest BCUT2D eigenvalue weighted by atomic mass is 9.85. The van der Waals surface area contributed by atoms with Gasteiger partial charge in [0.25, 0.3) is 5.91 Å². The third-order valence-electron chi connectivity index (χ3n) is 6.67. The molecule has 3 aromatic rings. The summed E-state index contributed by atoms with van der Waals surface area (Å²) in [4.78, 5) is 34.2. The Hall–Kier alpha value is -3.41. The van der Waals surface area contributed by atoms with Gasteiger partial charge in [-0.3, -0.25) is 9.59 Å². The SMILES string of the molecule is O=C(c1ccc(-n2ccnc2)cc1)N1CCC2(CCN(CCc3ccccc3)C2=O)C1. The quantitative estimate of drug-likeness (QED) is 0.644. The van der Waals surface area contributed by atoms with E-state index in [-0.39, 0.29) is 11.8 Å². The number of benzene rings is 2. The van der Waals surface area contributed by atoms with Crippen molar-refractivity contribution < 1.29 is 9.59 Å². The average molecular weight is 415 g/mol. The maximum atomic E-state index is 13.2. The molecule has 3 heterocycles. The summed E-state index contributed by atoms with van der Waals surface area (Å²) in [6, 6.07) is 17.8. The van der Waals surface area contributed by atoms with Gasteiger partial charge in [-0.05, 0) is 49.1 Å². The molecule has 0 N–H and O–H groups in total. The van der Waals surface area contributed by atoms with Crippen molar-refractivity contribution in [3.63, 3.8) is 0 Å². The Labute approximate surface area is 182 Å². The van der Waals surface area contributed by atoms with Crippen LogP contribution in [-0.2, 0) is 11.2 Å². The van der Waals surface area contributed by atoms with Crippen LogP contribution in [0.15, 0.2) is 73.3 Å². The van der Waals surface area contributed by atoms with E-state index in [0.29, 0.717) is 18.7 Å². The summed E-state index contributed by atoms with van der Waals surface area (Å²) < 4.78 is 1.90. The molecule has 2 saturated heterocycles. The van der Waals surface area contributed by atoms with Gasteiger partial charge in [0.05, 0.1) is 11.7 Å². The van der Waals surface area contributed by atoms with E-state index in [9.17, 15) is 9.59 Å². The number of imidazole rings is 1. The zero-order valence-corrected chi connectivity index (χ0v) is 17.5. The third-order valence-corrected chi connectivity index (χ3v) is 6.67. The number of carbonyl (C=O) groups excluding carboxylic acids is 2. The number of hydrogen-bond donors (Lipinski definition) is 0. The van der Waals surface area contributed by atoms with Crippen LogP contribution in [0.4, 0.5) is 0 Å². The molecule has 6 nitrogen and oxygen atoms in total. The van der Waals surface area contributed by atoms with Gasteiger partial charge in [-0.25, -0.2) is 4.98 Å². The zero-order valence-electron chi connectivity index (χ0n) is 17.5. The summed E-state index contributed by atoms with van der Waals surface area (Å²) in [6.07, 6.45) is 7.79. The number of aromatic nitrogens is 2. The van der Waals surface area contributed by atoms with Crippen LogP contribution < -0.4 is 0 Å². The summed E-state index contributed by atoms with van der Waals surface area (Å²) in [6.45, 7) is 2.69. The van der Waals surface area contributed by atoms with Crippen LogP contribution in [-0.4, -0.2) is 57.3 Å². The minimum absolute atomic E-state index is 0.00425. The molecule has 2 aliphatic rings. The van der Waals surface area contributed by atoms with Gasteiger partial charge in [0.1, 0.15) is 0 Å². The minimum atomic E-state index is -0.400. The normalized spacial score (nSPS) is 20.7. The molecule has 1 unspecified atom stereocenters. The van der Waals surface area contributed by atoms with Crippen molar-refractivity contribution in [2.45, 2.75) is 19.3 Å². The largest absolute Gasteiger partial charge is 0.342 e. The molecule has 2 fully saturated rings. The van der Waals surface area contributed by atoms with E-state index < -0.39 is 5.41 Å². The zero-order chi connectivity index (χ0) is 21.3. The number of rotatable bonds is 5. The van der Waals surface area contributed by atoms with E-state index in [0.717, 1.165) is 38.0 Å². The molecule has 1 aromatic heterocycles. The molecular formula is C25H26N4O2. The van der Waals surface area contributed by atoms with Crippen LogP contribution in [0.5, 0.6) is 0 Å². The number of hydrogen-bond acceptors (Lipinski definition) is 3. The van der Waals surface area contributed by atoms with Crippen LogP contribution in [0.1, 0.15) is 28.8 Å². The molecule has 158 valence electrons. The van der Waals surface area contributed by atoms with Crippen molar-refractivity contribution in [3.8, 4) is 5.69 Å². The number of carbonyl (C=O) groups is 2. The molecule has 6 heteroatoms. The van der Waals surface area contributed by atoms with Crippen molar-refractivity contribution in [2.24, 2.45) is 5.41 Å². The van der Waals surface area contributed by atoms with Crippen molar-refractivity contribution in [1.82, 2.24) is 19.4 Å². The lowest BCUT2D eigenvalue weighted by Crippen LogP contribution is -2.39. The second kappa shape index (κ2) is 8.02. The van der Waals surface area contributed by atoms with Crippen molar-refractivity contribution in [3.05, 3.63) is 84.4 Å². The van der Waals surface area contributed by atoms with Gasteiger partial charge in [0, 0.05) is 49.8 Å². The van der Waals surface area contributed by atoms with E-state index in [1.165, 1.54) is 5.56 Å². The molecular weight excluding hydrogens is 388 g/mol. The van der Waals surface area contributed by atoms with Crippen LogP contribution in [0.25, 0.3) is 5.69 Å². The Morgan fingerprint density at radius 2 is 1.77 bits per heavy atom. The number of amides is 2. The molecule has 0 bridgehead atoms. The highest BCUT2D eigenvalue weighted by Crippen LogP contribution is 2.41. The van der Waals surface area contributed by atoms with E-state index in [4.69, 9.17) is 0 Å². The summed E-state index contributed by atoms with van der Waals surface area (Å²) in [5, 5.41) is 0. The smallest absolute Gasteiger partial charge is 0.253 e. The van der Waals surface area contributed by atoms with Crippen LogP contribution in [0.3, 0.4) is 0 Å². The van der Waals surface area contributed by atoms with Crippen molar-refractivity contribution in [1.29, 1.82) is 0 Å². The summed E-state index contributed by atoms with van der Waals surface area (Å²) in [7, 11) is 0. The predicted molar refractivity (Wildman–Crippen MR) is 118 cm³/mol. The maximum absolute atomic E-state index is 13.2. The van der Waals surface area contributed by atoms with Gasteiger partial charge in [-0.1, -0.05) is 30.3 Å². The van der Waals surface area contributed by atoms with Crippen molar-refractivity contribution in [2.75, 3.05) is 26.2 Å². The minimum Gasteiger partial charge on any atom is -0.342 e. The first kappa shape index (κ1) is 19.5. The number of nitrogens with zero attached hydrogens (tertiary/aromatic N) is 4. The van der Waals surface area contributed by atoms with Gasteiger partial charge < -0.3 is 14.4 Å². The highest BCUT2D eigenvalue weighted by atomic mass is 16.2. The molecule has 0 saturated carbocycles. The fraction of sp³-hybridized carbons (Fsp3) is 0.320. The molecule has 5 rings (SSSR count). The Morgan fingerprint density at radius 3 is 2.52 bits per heavy atom. The molecule has 1 atom stereocenters. The second-order valence-electron chi connectivity index (χ2n) is 8.55. The Morgan fingerprint density at radius 1 is 1.00 bits per heavy atom. The first-order chi connectivity index (χ1) is 15.1. The van der Waals surface area contributed by atoms with Gasteiger partial charge in [0.2, 0.25) is 5.91 Å². The second-order valence-corrected chi connectivity index (χ2v) is 8.55. The van der Waals surface area contributed by atoms with Gasteiger partial charge >= 0.3 is 0 Å². The van der Waals surface area contributed by atoms with Crippen LogP contribution in [0.2, 0.25) is 0 Å². The first-order valence-corrected chi connectivity index (χ1v) is 10.9. The standard InChI is InChI=1S/C25H26N4O2/c30-23(21-6-8-22(9-7-21)29-17-13-26-19-29)28-16-12-25(18-28)11-15-27(24(25)31)14-10-20-4-2-1-3-5-20/h1-9,13,17,19H,10-12,14-16,18H2. The average Bonchev–Trinajstić information content (AvgIpc) is 3.56. The molecule has 2 aliphatic heterocycles. The fourth-order valence-corrected chi connectivity index (χ4v) is 4.81. The molecule has 2 amide bonds. The maximum Gasteiger partial charge on any atom is 0.253 e. The molecule has 2 aromatic carbocycles. The van der Waals surface area contributed by atoms with Crippen LogP contribution >= 0.6 is 0 Å². The monoisotopic (exact) mass is 414 g/mol. The van der Waals surface area contributed by atoms with E-state index in [1.54, 1.807) is 12.5 Å². The van der Waals surface area contributed by atoms with E-state index in [1.807, 2.05) is 63.0 Å². The lowest BCUT2D eigenvalue weighted by Gasteiger charge is -2.24. The lowest BCUT2D eigenvalue weighted by molar-refractivity contribution is -0.135. The highest BCUT2D eigenvalue weighted by Gasteiger charge is 2.51. The first-order valence-electron chi connectivity index (χ1n) is 10.9. The van der Waals surface area contributed by atoms with E-state index >= 15 is 0 Å². The highest BCUT2D eigenvalue weighted by molar-refractivity contribution is 5.96. The number of likely N-dealkylation sites (tertiary alicyclic amines) is 2. The predicted octanol–water partition coefficient (Wildman–Crippen LogP) is 3.18. The fourth-order valence-electron chi connectivity index (χ4n) is 4.81. The summed E-state index contributed by atoms with van der Waals surface area (Å²) >= 11 is 0. The van der Waals surface area contributed by atoms with Gasteiger partial charge in [-0.15, -0.1) is 0 Å². The Kier molecular flexibility index (Phi) is 5.06.